The van der Waals surface area contributed by atoms with Gasteiger partial charge in [0.05, 0.1) is 6.04 Å². The Labute approximate surface area is 158 Å². The molecule has 3 nitrogen and oxygen atoms in total. The number of hydrogen-bond acceptors (Lipinski definition) is 2. The van der Waals surface area contributed by atoms with E-state index in [0.29, 0.717) is 0 Å². The highest BCUT2D eigenvalue weighted by molar-refractivity contribution is 5.83. The summed E-state index contributed by atoms with van der Waals surface area (Å²) >= 11 is 0. The lowest BCUT2D eigenvalue weighted by Gasteiger charge is -2.15. The van der Waals surface area contributed by atoms with Crippen LogP contribution in [0.1, 0.15) is 36.4 Å². The highest BCUT2D eigenvalue weighted by Gasteiger charge is 2.44. The zero-order chi connectivity index (χ0) is 18.8. The minimum Gasteiger partial charge on any atom is -0.349 e. The number of aromatic nitrogens is 1. The number of hydrogen-bond donors (Lipinski definition) is 1. The largest absolute Gasteiger partial charge is 0.349 e. The normalized spacial score (nSPS) is 19.3. The molecule has 3 unspecified atom stereocenters. The van der Waals surface area contributed by atoms with Crippen molar-refractivity contribution in [1.29, 1.82) is 0 Å². The fourth-order valence-electron chi connectivity index (χ4n) is 3.52. The zero-order valence-electron chi connectivity index (χ0n) is 15.1. The standard InChI is InChI=1S/C23H21FN2O/c1-15(16-5-2-6-17(11-16)19-8-4-10-25-14-19)26-23(27)22-13-21(22)18-7-3-9-20(24)12-18/h2-12,14-15,21-22H,13H2,1H3,(H,26,27). The topological polar surface area (TPSA) is 42.0 Å². The molecular formula is C23H21FN2O. The third-order valence-corrected chi connectivity index (χ3v) is 5.14. The predicted molar refractivity (Wildman–Crippen MR) is 103 cm³/mol. The van der Waals surface area contributed by atoms with E-state index in [9.17, 15) is 9.18 Å². The van der Waals surface area contributed by atoms with Crippen LogP contribution in [0.4, 0.5) is 4.39 Å². The van der Waals surface area contributed by atoms with Crippen molar-refractivity contribution in [2.75, 3.05) is 0 Å². The van der Waals surface area contributed by atoms with Crippen molar-refractivity contribution in [1.82, 2.24) is 10.3 Å². The number of pyridine rings is 1. The van der Waals surface area contributed by atoms with Crippen LogP contribution in [0.2, 0.25) is 0 Å². The van der Waals surface area contributed by atoms with E-state index in [0.717, 1.165) is 28.7 Å². The summed E-state index contributed by atoms with van der Waals surface area (Å²) < 4.78 is 13.4. The van der Waals surface area contributed by atoms with E-state index < -0.39 is 0 Å². The van der Waals surface area contributed by atoms with Gasteiger partial charge in [0.1, 0.15) is 5.82 Å². The van der Waals surface area contributed by atoms with Crippen LogP contribution in [0.15, 0.2) is 73.1 Å². The number of halogens is 1. The van der Waals surface area contributed by atoms with E-state index in [1.807, 2.05) is 49.5 Å². The third-order valence-electron chi connectivity index (χ3n) is 5.14. The summed E-state index contributed by atoms with van der Waals surface area (Å²) in [5.41, 5.74) is 4.08. The zero-order valence-corrected chi connectivity index (χ0v) is 15.1. The van der Waals surface area contributed by atoms with Crippen LogP contribution >= 0.6 is 0 Å². The van der Waals surface area contributed by atoms with Gasteiger partial charge in [-0.1, -0.05) is 36.4 Å². The Hall–Kier alpha value is -3.01. The Balaban J connectivity index is 1.42. The molecule has 0 spiro atoms. The monoisotopic (exact) mass is 360 g/mol. The molecule has 0 bridgehead atoms. The first-order valence-corrected chi connectivity index (χ1v) is 9.18. The van der Waals surface area contributed by atoms with E-state index in [2.05, 4.69) is 16.4 Å². The Morgan fingerprint density at radius 3 is 2.70 bits per heavy atom. The van der Waals surface area contributed by atoms with Gasteiger partial charge in [-0.25, -0.2) is 4.39 Å². The van der Waals surface area contributed by atoms with Crippen molar-refractivity contribution < 1.29 is 9.18 Å². The molecule has 2 aromatic carbocycles. The van der Waals surface area contributed by atoms with Crippen molar-refractivity contribution in [2.24, 2.45) is 5.92 Å². The van der Waals surface area contributed by atoms with E-state index >= 15 is 0 Å². The van der Waals surface area contributed by atoms with Gasteiger partial charge in [0, 0.05) is 18.3 Å². The van der Waals surface area contributed by atoms with E-state index in [-0.39, 0.29) is 29.6 Å². The van der Waals surface area contributed by atoms with Crippen LogP contribution in [0.5, 0.6) is 0 Å². The van der Waals surface area contributed by atoms with Gasteiger partial charge in [-0.3, -0.25) is 9.78 Å². The van der Waals surface area contributed by atoms with Crippen molar-refractivity contribution >= 4 is 5.91 Å². The average Bonchev–Trinajstić information content (AvgIpc) is 3.50. The van der Waals surface area contributed by atoms with Crippen molar-refractivity contribution in [3.8, 4) is 11.1 Å². The molecule has 1 saturated carbocycles. The number of carbonyl (C=O) groups excluding carboxylic acids is 1. The molecule has 4 heteroatoms. The molecule has 136 valence electrons. The van der Waals surface area contributed by atoms with Crippen LogP contribution in [0.25, 0.3) is 11.1 Å². The first-order chi connectivity index (χ1) is 13.1. The summed E-state index contributed by atoms with van der Waals surface area (Å²) in [5.74, 6) is -0.173. The Morgan fingerprint density at radius 1 is 1.11 bits per heavy atom. The van der Waals surface area contributed by atoms with Crippen molar-refractivity contribution in [3.63, 3.8) is 0 Å². The van der Waals surface area contributed by atoms with Crippen LogP contribution in [-0.4, -0.2) is 10.9 Å². The Bertz CT molecular complexity index is 957. The molecule has 1 N–H and O–H groups in total. The van der Waals surface area contributed by atoms with E-state index in [1.165, 1.54) is 12.1 Å². The van der Waals surface area contributed by atoms with Crippen molar-refractivity contribution in [2.45, 2.75) is 25.3 Å². The molecule has 1 aromatic heterocycles. The van der Waals surface area contributed by atoms with Gasteiger partial charge in [-0.2, -0.15) is 0 Å². The van der Waals surface area contributed by atoms with Crippen LogP contribution in [0.3, 0.4) is 0 Å². The van der Waals surface area contributed by atoms with Gasteiger partial charge in [0.15, 0.2) is 0 Å². The molecule has 27 heavy (non-hydrogen) atoms. The highest BCUT2D eigenvalue weighted by Crippen LogP contribution is 2.47. The van der Waals surface area contributed by atoms with Crippen LogP contribution in [-0.2, 0) is 4.79 Å². The number of nitrogens with zero attached hydrogens (tertiary/aromatic N) is 1. The fraction of sp³-hybridized carbons (Fsp3) is 0.217. The smallest absolute Gasteiger partial charge is 0.224 e. The number of carbonyl (C=O) groups is 1. The van der Waals surface area contributed by atoms with Crippen LogP contribution in [0, 0.1) is 11.7 Å². The predicted octanol–water partition coefficient (Wildman–Crippen LogP) is 4.87. The molecule has 0 aliphatic heterocycles. The number of rotatable bonds is 5. The highest BCUT2D eigenvalue weighted by atomic mass is 19.1. The molecule has 3 atom stereocenters. The minimum atomic E-state index is -0.251. The van der Waals surface area contributed by atoms with Gasteiger partial charge < -0.3 is 5.32 Å². The lowest BCUT2D eigenvalue weighted by atomic mass is 10.0. The summed E-state index contributed by atoms with van der Waals surface area (Å²) in [5, 5.41) is 3.10. The molecule has 1 aliphatic rings. The Kier molecular flexibility index (Phi) is 4.71. The second-order valence-electron chi connectivity index (χ2n) is 7.10. The quantitative estimate of drug-likeness (QED) is 0.705. The number of benzene rings is 2. The fourth-order valence-corrected chi connectivity index (χ4v) is 3.52. The summed E-state index contributed by atoms with van der Waals surface area (Å²) in [4.78, 5) is 16.8. The summed E-state index contributed by atoms with van der Waals surface area (Å²) in [6.45, 7) is 1.99. The first kappa shape index (κ1) is 17.4. The maximum atomic E-state index is 13.4. The van der Waals surface area contributed by atoms with Gasteiger partial charge in [-0.15, -0.1) is 0 Å². The summed E-state index contributed by atoms with van der Waals surface area (Å²) in [7, 11) is 0. The Morgan fingerprint density at radius 2 is 1.93 bits per heavy atom. The lowest BCUT2D eigenvalue weighted by Crippen LogP contribution is -2.28. The molecule has 0 saturated heterocycles. The molecule has 3 aromatic rings. The molecule has 1 fully saturated rings. The molecule has 0 radical (unpaired) electrons. The molecule has 1 aliphatic carbocycles. The molecule has 1 heterocycles. The summed E-state index contributed by atoms with van der Waals surface area (Å²) in [6, 6.07) is 18.5. The number of amides is 1. The molecule has 4 rings (SSSR count). The lowest BCUT2D eigenvalue weighted by molar-refractivity contribution is -0.123. The third kappa shape index (κ3) is 3.90. The minimum absolute atomic E-state index is 0.0311. The molecule has 1 amide bonds. The van der Waals surface area contributed by atoms with Gasteiger partial charge in [0.2, 0.25) is 5.91 Å². The first-order valence-electron chi connectivity index (χ1n) is 9.18. The maximum absolute atomic E-state index is 13.4. The van der Waals surface area contributed by atoms with Gasteiger partial charge in [-0.05, 0) is 65.8 Å². The summed E-state index contributed by atoms with van der Waals surface area (Å²) in [6.07, 6.45) is 4.36. The SMILES string of the molecule is CC(NC(=O)C1CC1c1cccc(F)c1)c1cccc(-c2cccnc2)c1. The van der Waals surface area contributed by atoms with Gasteiger partial charge in [0.25, 0.3) is 0 Å². The van der Waals surface area contributed by atoms with E-state index in [1.54, 1.807) is 12.3 Å². The van der Waals surface area contributed by atoms with Gasteiger partial charge >= 0.3 is 0 Å². The average molecular weight is 360 g/mol. The second-order valence-corrected chi connectivity index (χ2v) is 7.10. The number of nitrogens with one attached hydrogen (secondary N) is 1. The van der Waals surface area contributed by atoms with Crippen molar-refractivity contribution in [3.05, 3.63) is 90.0 Å². The maximum Gasteiger partial charge on any atom is 0.224 e. The van der Waals surface area contributed by atoms with Crippen LogP contribution < -0.4 is 5.32 Å². The van der Waals surface area contributed by atoms with E-state index in [4.69, 9.17) is 0 Å². The molecular weight excluding hydrogens is 339 g/mol. The second kappa shape index (κ2) is 7.31.